The second-order valence-electron chi connectivity index (χ2n) is 4.33. The monoisotopic (exact) mass is 316 g/mol. The Kier molecular flexibility index (Phi) is 6.60. The zero-order valence-electron chi connectivity index (χ0n) is 12.0. The fourth-order valence-corrected chi connectivity index (χ4v) is 2.97. The standard InChI is InChI=1S/C13H20N2O5S/c1-3-6-15-21(18,19)12-9-10(13(16)17)4-5-11(12)14-7-8-20-2/h4-5,9,14-15H,3,6-8H2,1-2H3,(H,16,17). The summed E-state index contributed by atoms with van der Waals surface area (Å²) in [4.78, 5) is 10.9. The van der Waals surface area contributed by atoms with E-state index in [-0.39, 0.29) is 17.0 Å². The molecule has 0 aromatic heterocycles. The molecule has 3 N–H and O–H groups in total. The van der Waals surface area contributed by atoms with Crippen molar-refractivity contribution >= 4 is 21.7 Å². The van der Waals surface area contributed by atoms with Crippen LogP contribution in [0, 0.1) is 0 Å². The highest BCUT2D eigenvalue weighted by molar-refractivity contribution is 7.89. The fourth-order valence-electron chi connectivity index (χ4n) is 1.63. The number of aromatic carboxylic acids is 1. The van der Waals surface area contributed by atoms with E-state index < -0.39 is 16.0 Å². The molecule has 1 aromatic rings. The lowest BCUT2D eigenvalue weighted by Gasteiger charge is -2.13. The minimum absolute atomic E-state index is 0.0769. The number of nitrogens with one attached hydrogen (secondary N) is 2. The molecule has 1 aromatic carbocycles. The van der Waals surface area contributed by atoms with Gasteiger partial charge in [-0.2, -0.15) is 0 Å². The van der Waals surface area contributed by atoms with Crippen molar-refractivity contribution in [1.29, 1.82) is 0 Å². The van der Waals surface area contributed by atoms with Crippen molar-refractivity contribution in [1.82, 2.24) is 4.72 Å². The third-order valence-electron chi connectivity index (χ3n) is 2.68. The Morgan fingerprint density at radius 1 is 1.33 bits per heavy atom. The van der Waals surface area contributed by atoms with Gasteiger partial charge in [-0.1, -0.05) is 6.92 Å². The molecule has 0 unspecified atom stereocenters. The SMILES string of the molecule is CCCNS(=O)(=O)c1cc(C(=O)O)ccc1NCCOC. The summed E-state index contributed by atoms with van der Waals surface area (Å²) in [5.74, 6) is -1.18. The van der Waals surface area contributed by atoms with Crippen LogP contribution < -0.4 is 10.0 Å². The first-order chi connectivity index (χ1) is 9.92. The van der Waals surface area contributed by atoms with E-state index in [1.165, 1.54) is 19.2 Å². The number of carboxylic acids is 1. The summed E-state index contributed by atoms with van der Waals surface area (Å²) in [5.41, 5.74) is 0.268. The topological polar surface area (TPSA) is 105 Å². The number of rotatable bonds is 9. The summed E-state index contributed by atoms with van der Waals surface area (Å²) in [6.45, 7) is 2.95. The molecular weight excluding hydrogens is 296 g/mol. The van der Waals surface area contributed by atoms with E-state index in [0.717, 1.165) is 6.07 Å². The number of sulfonamides is 1. The van der Waals surface area contributed by atoms with Gasteiger partial charge in [-0.3, -0.25) is 0 Å². The van der Waals surface area contributed by atoms with E-state index in [0.29, 0.717) is 25.3 Å². The van der Waals surface area contributed by atoms with Gasteiger partial charge in [0, 0.05) is 20.2 Å². The minimum Gasteiger partial charge on any atom is -0.478 e. The Morgan fingerprint density at radius 2 is 2.05 bits per heavy atom. The number of benzene rings is 1. The van der Waals surface area contributed by atoms with Crippen LogP contribution in [0.5, 0.6) is 0 Å². The average molecular weight is 316 g/mol. The number of carbonyl (C=O) groups is 1. The molecule has 1 rings (SSSR count). The Bertz CT molecular complexity index is 586. The molecular formula is C13H20N2O5S. The Balaban J connectivity index is 3.16. The smallest absolute Gasteiger partial charge is 0.335 e. The highest BCUT2D eigenvalue weighted by Crippen LogP contribution is 2.23. The van der Waals surface area contributed by atoms with Crippen LogP contribution in [-0.4, -0.2) is 46.3 Å². The predicted molar refractivity (Wildman–Crippen MR) is 79.2 cm³/mol. The quantitative estimate of drug-likeness (QED) is 0.590. The number of hydrogen-bond acceptors (Lipinski definition) is 5. The lowest BCUT2D eigenvalue weighted by Crippen LogP contribution is -2.26. The maximum absolute atomic E-state index is 12.2. The van der Waals surface area contributed by atoms with Crippen molar-refractivity contribution in [3.8, 4) is 0 Å². The van der Waals surface area contributed by atoms with Crippen LogP contribution in [0.3, 0.4) is 0 Å². The lowest BCUT2D eigenvalue weighted by atomic mass is 10.2. The first kappa shape index (κ1) is 17.4. The van der Waals surface area contributed by atoms with Gasteiger partial charge in [0.2, 0.25) is 10.0 Å². The van der Waals surface area contributed by atoms with Crippen LogP contribution in [0.15, 0.2) is 23.1 Å². The van der Waals surface area contributed by atoms with E-state index in [9.17, 15) is 13.2 Å². The zero-order chi connectivity index (χ0) is 15.9. The van der Waals surface area contributed by atoms with Crippen molar-refractivity contribution in [3.05, 3.63) is 23.8 Å². The molecule has 21 heavy (non-hydrogen) atoms. The maximum atomic E-state index is 12.2. The van der Waals surface area contributed by atoms with Crippen LogP contribution in [0.25, 0.3) is 0 Å². The van der Waals surface area contributed by atoms with Gasteiger partial charge in [0.25, 0.3) is 0 Å². The van der Waals surface area contributed by atoms with Gasteiger partial charge >= 0.3 is 5.97 Å². The van der Waals surface area contributed by atoms with E-state index in [1.807, 2.05) is 6.92 Å². The molecule has 8 heteroatoms. The summed E-state index contributed by atoms with van der Waals surface area (Å²) in [6, 6.07) is 3.95. The van der Waals surface area contributed by atoms with Crippen molar-refractivity contribution < 1.29 is 23.1 Å². The first-order valence-electron chi connectivity index (χ1n) is 6.52. The Morgan fingerprint density at radius 3 is 2.62 bits per heavy atom. The molecule has 0 heterocycles. The van der Waals surface area contributed by atoms with Crippen LogP contribution in [0.1, 0.15) is 23.7 Å². The summed E-state index contributed by atoms with van der Waals surface area (Å²) < 4.78 is 31.8. The number of anilines is 1. The van der Waals surface area contributed by atoms with E-state index in [4.69, 9.17) is 9.84 Å². The molecule has 0 aliphatic heterocycles. The number of ether oxygens (including phenoxy) is 1. The number of carboxylic acid groups (broad SMARTS) is 1. The van der Waals surface area contributed by atoms with E-state index in [2.05, 4.69) is 10.0 Å². The van der Waals surface area contributed by atoms with Crippen LogP contribution in [0.2, 0.25) is 0 Å². The molecule has 0 radical (unpaired) electrons. The molecule has 7 nitrogen and oxygen atoms in total. The van der Waals surface area contributed by atoms with Gasteiger partial charge in [0.05, 0.1) is 17.9 Å². The van der Waals surface area contributed by atoms with Crippen molar-refractivity contribution in [2.24, 2.45) is 0 Å². The minimum atomic E-state index is -3.76. The van der Waals surface area contributed by atoms with Gasteiger partial charge in [-0.15, -0.1) is 0 Å². The normalized spacial score (nSPS) is 11.3. The Hall–Kier alpha value is -1.64. The largest absolute Gasteiger partial charge is 0.478 e. The molecule has 0 amide bonds. The summed E-state index contributed by atoms with van der Waals surface area (Å²) in [7, 11) is -2.23. The second-order valence-corrected chi connectivity index (χ2v) is 6.07. The van der Waals surface area contributed by atoms with Crippen LogP contribution in [-0.2, 0) is 14.8 Å². The number of hydrogen-bond donors (Lipinski definition) is 3. The van der Waals surface area contributed by atoms with Gasteiger partial charge in [-0.05, 0) is 24.6 Å². The molecule has 0 atom stereocenters. The van der Waals surface area contributed by atoms with Crippen molar-refractivity contribution in [2.45, 2.75) is 18.2 Å². The number of methoxy groups -OCH3 is 1. The molecule has 0 saturated heterocycles. The third kappa shape index (κ3) is 5.00. The van der Waals surface area contributed by atoms with Crippen molar-refractivity contribution in [3.63, 3.8) is 0 Å². The second kappa shape index (κ2) is 7.96. The first-order valence-corrected chi connectivity index (χ1v) is 8.00. The molecule has 0 saturated carbocycles. The van der Waals surface area contributed by atoms with Crippen LogP contribution in [0.4, 0.5) is 5.69 Å². The summed E-state index contributed by atoms with van der Waals surface area (Å²) in [5, 5.41) is 11.9. The van der Waals surface area contributed by atoms with Gasteiger partial charge in [0.15, 0.2) is 0 Å². The van der Waals surface area contributed by atoms with Gasteiger partial charge in [0.1, 0.15) is 4.90 Å². The summed E-state index contributed by atoms with van der Waals surface area (Å²) >= 11 is 0. The molecule has 0 bridgehead atoms. The van der Waals surface area contributed by atoms with Crippen molar-refractivity contribution in [2.75, 3.05) is 32.1 Å². The lowest BCUT2D eigenvalue weighted by molar-refractivity contribution is 0.0696. The molecule has 0 spiro atoms. The van der Waals surface area contributed by atoms with E-state index >= 15 is 0 Å². The molecule has 118 valence electrons. The van der Waals surface area contributed by atoms with E-state index in [1.54, 1.807) is 0 Å². The van der Waals surface area contributed by atoms with Gasteiger partial charge < -0.3 is 15.2 Å². The molecule has 0 fully saturated rings. The Labute approximate surface area is 124 Å². The predicted octanol–water partition coefficient (Wildman–Crippen LogP) is 1.13. The average Bonchev–Trinajstić information content (AvgIpc) is 2.45. The highest BCUT2D eigenvalue weighted by atomic mass is 32.2. The van der Waals surface area contributed by atoms with Crippen LogP contribution >= 0.6 is 0 Å². The maximum Gasteiger partial charge on any atom is 0.335 e. The third-order valence-corrected chi connectivity index (χ3v) is 4.18. The summed E-state index contributed by atoms with van der Waals surface area (Å²) in [6.07, 6.45) is 0.643. The fraction of sp³-hybridized carbons (Fsp3) is 0.462. The van der Waals surface area contributed by atoms with Gasteiger partial charge in [-0.25, -0.2) is 17.9 Å². The molecule has 0 aliphatic rings. The molecule has 0 aliphatic carbocycles. The highest BCUT2D eigenvalue weighted by Gasteiger charge is 2.20. The zero-order valence-corrected chi connectivity index (χ0v) is 12.9.